The van der Waals surface area contributed by atoms with Gasteiger partial charge in [-0.3, -0.25) is 49.3 Å². The molecule has 3 heterocycles. The van der Waals surface area contributed by atoms with Crippen LogP contribution in [-0.2, 0) is 29.0 Å². The van der Waals surface area contributed by atoms with Gasteiger partial charge >= 0.3 is 18.0 Å². The molecule has 1 saturated carbocycles. The van der Waals surface area contributed by atoms with Crippen molar-refractivity contribution in [2.24, 2.45) is 5.92 Å². The van der Waals surface area contributed by atoms with Crippen molar-refractivity contribution in [2.45, 2.75) is 87.2 Å². The zero-order valence-electron chi connectivity index (χ0n) is 32.7. The lowest BCUT2D eigenvalue weighted by molar-refractivity contribution is -0.245. The average molecular weight is 817 g/mol. The smallest absolute Gasteiger partial charge is 0.317 e. The van der Waals surface area contributed by atoms with Crippen LogP contribution in [0.25, 0.3) is 0 Å². The van der Waals surface area contributed by atoms with Crippen LogP contribution in [0.2, 0.25) is 0 Å². The number of carboxylic acid groups (broad SMARTS) is 2. The number of nitrogens with zero attached hydrogens (tertiary/aromatic N) is 5. The van der Waals surface area contributed by atoms with Gasteiger partial charge in [-0.2, -0.15) is 11.8 Å². The Bertz CT molecular complexity index is 1270. The second-order valence-corrected chi connectivity index (χ2v) is 16.9. The number of hydrogen-bond donors (Lipinski definition) is 7. The summed E-state index contributed by atoms with van der Waals surface area (Å²) in [6.07, 6.45) is 6.65. The summed E-state index contributed by atoms with van der Waals surface area (Å²) in [6, 6.07) is -0.0641. The number of amides is 4. The Labute approximate surface area is 333 Å². The molecular formula is C36H64N8O11S. The predicted octanol–water partition coefficient (Wildman–Crippen LogP) is -0.0257. The Morgan fingerprint density at radius 3 is 2.11 bits per heavy atom. The van der Waals surface area contributed by atoms with Crippen LogP contribution >= 0.6 is 11.8 Å². The SMILES string of the molecule is CN(CC(=O)NC1CCC(CC2CN(CC(=O)O)CCN(CCOO)CCN(CCOO)CCN2CC(=O)O)CC1)C(=O)CCCCC1SCC2NC(=O)NC21. The fraction of sp³-hybridized carbons (Fsp3) is 0.861. The molecular weight excluding hydrogens is 753 g/mol. The van der Waals surface area contributed by atoms with Crippen LogP contribution in [0.15, 0.2) is 0 Å². The summed E-state index contributed by atoms with van der Waals surface area (Å²) in [5.74, 6) is -1.08. The molecule has 19 nitrogen and oxygen atoms in total. The van der Waals surface area contributed by atoms with E-state index < -0.39 is 11.9 Å². The molecule has 0 aromatic carbocycles. The van der Waals surface area contributed by atoms with E-state index >= 15 is 0 Å². The maximum Gasteiger partial charge on any atom is 0.317 e. The highest BCUT2D eigenvalue weighted by molar-refractivity contribution is 8.00. The number of unbranched alkanes of at least 4 members (excludes halogenated alkanes) is 1. The third-order valence-electron chi connectivity index (χ3n) is 11.5. The summed E-state index contributed by atoms with van der Waals surface area (Å²) in [6.45, 7) is 4.01. The van der Waals surface area contributed by atoms with Crippen molar-refractivity contribution in [3.63, 3.8) is 0 Å². The van der Waals surface area contributed by atoms with E-state index in [1.54, 1.807) is 7.05 Å². The number of carboxylic acids is 2. The Kier molecular flexibility index (Phi) is 19.8. The van der Waals surface area contributed by atoms with Crippen LogP contribution in [0.5, 0.6) is 0 Å². The van der Waals surface area contributed by atoms with Crippen LogP contribution in [0, 0.1) is 5.92 Å². The first kappa shape index (κ1) is 45.9. The molecule has 4 unspecified atom stereocenters. The molecule has 20 heteroatoms. The quantitative estimate of drug-likeness (QED) is 0.0370. The van der Waals surface area contributed by atoms with Gasteiger partial charge in [-0.05, 0) is 50.9 Å². The molecule has 7 N–H and O–H groups in total. The minimum atomic E-state index is -0.972. The highest BCUT2D eigenvalue weighted by Gasteiger charge is 2.42. The molecule has 4 aliphatic rings. The standard InChI is InChI=1S/C36H64N8O11S/c1-40(32(46)5-3-2-4-30-35-29(25-56-30)38-36(51)39-35)22-31(45)37-27-8-6-26(7-9-27)20-28-21-43(23-33(47)48)13-12-41(16-18-54-52)10-11-42(17-19-55-53)14-15-44(28)24-34(49)50/h26-30,35,52-53H,2-25H2,1H3,(H,37,45)(H,47,48)(H,49,50)(H2,38,39,51). The highest BCUT2D eigenvalue weighted by atomic mass is 32.2. The van der Waals surface area contributed by atoms with Gasteiger partial charge in [0.25, 0.3) is 0 Å². The number of hydrogen-bond acceptors (Lipinski definition) is 14. The van der Waals surface area contributed by atoms with Gasteiger partial charge in [0.1, 0.15) is 0 Å². The lowest BCUT2D eigenvalue weighted by Gasteiger charge is -2.40. The normalized spacial score (nSPS) is 27.4. The van der Waals surface area contributed by atoms with Crippen molar-refractivity contribution < 1.29 is 54.5 Å². The van der Waals surface area contributed by atoms with E-state index in [1.165, 1.54) is 4.90 Å². The Balaban J connectivity index is 1.27. The molecule has 0 radical (unpaired) electrons. The van der Waals surface area contributed by atoms with E-state index in [4.69, 9.17) is 10.5 Å². The second-order valence-electron chi connectivity index (χ2n) is 15.6. The van der Waals surface area contributed by atoms with E-state index in [9.17, 15) is 34.2 Å². The van der Waals surface area contributed by atoms with Crippen molar-refractivity contribution in [3.8, 4) is 0 Å². The minimum absolute atomic E-state index is 0.0176. The summed E-state index contributed by atoms with van der Waals surface area (Å²) in [5, 5.41) is 47.1. The molecule has 1 aliphatic carbocycles. The Morgan fingerprint density at radius 1 is 0.857 bits per heavy atom. The number of fused-ring (bicyclic) bond motifs is 1. The van der Waals surface area contributed by atoms with Crippen LogP contribution in [0.4, 0.5) is 4.79 Å². The zero-order chi connectivity index (χ0) is 40.5. The van der Waals surface area contributed by atoms with Crippen LogP contribution in [-0.4, -0.2) is 209 Å². The molecule has 320 valence electrons. The molecule has 3 saturated heterocycles. The molecule has 4 fully saturated rings. The first-order valence-electron chi connectivity index (χ1n) is 20.0. The van der Waals surface area contributed by atoms with Crippen LogP contribution in [0.3, 0.4) is 0 Å². The maximum atomic E-state index is 13.0. The van der Waals surface area contributed by atoms with Gasteiger partial charge in [-0.15, -0.1) is 0 Å². The van der Waals surface area contributed by atoms with E-state index in [0.717, 1.165) is 50.7 Å². The maximum absolute atomic E-state index is 13.0. The lowest BCUT2D eigenvalue weighted by Crippen LogP contribution is -2.53. The van der Waals surface area contributed by atoms with E-state index in [-0.39, 0.29) is 80.8 Å². The highest BCUT2D eigenvalue weighted by Crippen LogP contribution is 2.33. The third kappa shape index (κ3) is 15.8. The van der Waals surface area contributed by atoms with Gasteiger partial charge in [0, 0.05) is 95.5 Å². The number of rotatable bonds is 20. The van der Waals surface area contributed by atoms with Gasteiger partial charge < -0.3 is 31.1 Å². The van der Waals surface area contributed by atoms with Crippen molar-refractivity contribution in [3.05, 3.63) is 0 Å². The average Bonchev–Trinajstić information content (AvgIpc) is 3.71. The van der Waals surface area contributed by atoms with Gasteiger partial charge in [0.2, 0.25) is 11.8 Å². The predicted molar refractivity (Wildman–Crippen MR) is 207 cm³/mol. The summed E-state index contributed by atoms with van der Waals surface area (Å²) < 4.78 is 0. The topological polar surface area (TPSA) is 237 Å². The van der Waals surface area contributed by atoms with E-state index in [1.807, 2.05) is 21.6 Å². The molecule has 0 aromatic heterocycles. The number of urea groups is 1. The van der Waals surface area contributed by atoms with Crippen molar-refractivity contribution >= 4 is 41.5 Å². The van der Waals surface area contributed by atoms with Gasteiger partial charge in [0.05, 0.1) is 44.9 Å². The molecule has 56 heavy (non-hydrogen) atoms. The summed E-state index contributed by atoms with van der Waals surface area (Å²) in [7, 11) is 1.65. The van der Waals surface area contributed by atoms with Gasteiger partial charge in [0.15, 0.2) is 0 Å². The molecule has 4 amide bonds. The van der Waals surface area contributed by atoms with E-state index in [0.29, 0.717) is 77.0 Å². The first-order valence-corrected chi connectivity index (χ1v) is 21.1. The van der Waals surface area contributed by atoms with Crippen LogP contribution < -0.4 is 16.0 Å². The van der Waals surface area contributed by atoms with Crippen molar-refractivity contribution in [2.75, 3.05) is 105 Å². The summed E-state index contributed by atoms with van der Waals surface area (Å²) >= 11 is 1.85. The summed E-state index contributed by atoms with van der Waals surface area (Å²) in [5.41, 5.74) is 0. The van der Waals surface area contributed by atoms with Gasteiger partial charge in [-0.25, -0.2) is 14.6 Å². The van der Waals surface area contributed by atoms with Crippen LogP contribution in [0.1, 0.15) is 57.8 Å². The lowest BCUT2D eigenvalue weighted by atomic mass is 9.82. The molecule has 0 aromatic rings. The Morgan fingerprint density at radius 2 is 1.48 bits per heavy atom. The number of carbonyl (C=O) groups is 5. The minimum Gasteiger partial charge on any atom is -0.480 e. The molecule has 4 atom stereocenters. The van der Waals surface area contributed by atoms with Crippen molar-refractivity contribution in [1.82, 2.24) is 40.4 Å². The Hall–Kier alpha value is -2.82. The fourth-order valence-corrected chi connectivity index (χ4v) is 9.98. The number of likely N-dealkylation sites (N-methyl/N-ethyl adjacent to an activating group) is 1. The van der Waals surface area contributed by atoms with Gasteiger partial charge in [-0.1, -0.05) is 6.42 Å². The molecule has 3 aliphatic heterocycles. The number of carbonyl (C=O) groups excluding carboxylic acids is 3. The number of aliphatic carboxylic acids is 2. The summed E-state index contributed by atoms with van der Waals surface area (Å²) in [4.78, 5) is 79.6. The number of thioether (sulfide) groups is 1. The van der Waals surface area contributed by atoms with Crippen molar-refractivity contribution in [1.29, 1.82) is 0 Å². The molecule has 4 rings (SSSR count). The largest absolute Gasteiger partial charge is 0.480 e. The zero-order valence-corrected chi connectivity index (χ0v) is 33.5. The van der Waals surface area contributed by atoms with E-state index in [2.05, 4.69) is 35.5 Å². The first-order chi connectivity index (χ1) is 26.9. The second kappa shape index (κ2) is 24.2. The fourth-order valence-electron chi connectivity index (χ4n) is 8.43. The number of nitrogens with one attached hydrogen (secondary N) is 3. The molecule has 0 spiro atoms. The third-order valence-corrected chi connectivity index (χ3v) is 13.0. The monoisotopic (exact) mass is 816 g/mol. The molecule has 0 bridgehead atoms.